The molecule has 14 heteroatoms. The second kappa shape index (κ2) is 16.5. The van der Waals surface area contributed by atoms with Gasteiger partial charge in [-0.1, -0.05) is 38.1 Å². The Bertz CT molecular complexity index is 1600. The van der Waals surface area contributed by atoms with Crippen molar-refractivity contribution < 1.29 is 32.2 Å². The van der Waals surface area contributed by atoms with Crippen LogP contribution < -0.4 is 20.6 Å². The van der Waals surface area contributed by atoms with Gasteiger partial charge in [0.15, 0.2) is 5.17 Å². The summed E-state index contributed by atoms with van der Waals surface area (Å²) in [4.78, 5) is 24.9. The van der Waals surface area contributed by atoms with Gasteiger partial charge in [-0.2, -0.15) is 5.10 Å². The molecule has 0 amide bonds. The van der Waals surface area contributed by atoms with Crippen LogP contribution in [0, 0.1) is 19.8 Å². The monoisotopic (exact) mass is 656 g/mol. The van der Waals surface area contributed by atoms with E-state index in [1.165, 1.54) is 30.2 Å². The van der Waals surface area contributed by atoms with E-state index in [1.54, 1.807) is 33.1 Å². The molecule has 46 heavy (non-hydrogen) atoms. The van der Waals surface area contributed by atoms with Gasteiger partial charge in [-0.3, -0.25) is 10.2 Å². The Morgan fingerprint density at radius 3 is 2.17 bits per heavy atom. The number of aryl methyl sites for hydroxylation is 2. The van der Waals surface area contributed by atoms with Crippen molar-refractivity contribution in [3.63, 3.8) is 0 Å². The number of rotatable bonds is 11. The minimum Gasteiger partial charge on any atom is -0.497 e. The number of carbonyl (C=O) groups is 1. The van der Waals surface area contributed by atoms with Crippen LogP contribution in [-0.2, 0) is 9.53 Å². The summed E-state index contributed by atoms with van der Waals surface area (Å²) >= 11 is 1.20. The van der Waals surface area contributed by atoms with E-state index in [9.17, 15) is 18.0 Å². The molecule has 0 unspecified atom stereocenters. The van der Waals surface area contributed by atoms with Crippen LogP contribution in [0.3, 0.4) is 0 Å². The highest BCUT2D eigenvalue weighted by Gasteiger charge is 2.30. The largest absolute Gasteiger partial charge is 0.573 e. The van der Waals surface area contributed by atoms with E-state index < -0.39 is 6.36 Å². The summed E-state index contributed by atoms with van der Waals surface area (Å²) < 4.78 is 51.5. The van der Waals surface area contributed by atoms with Gasteiger partial charge < -0.3 is 19.9 Å². The lowest BCUT2D eigenvalue weighted by molar-refractivity contribution is -0.274. The molecule has 10 nitrogen and oxygen atoms in total. The van der Waals surface area contributed by atoms with E-state index in [-0.39, 0.29) is 29.4 Å². The fourth-order valence-corrected chi connectivity index (χ4v) is 4.31. The van der Waals surface area contributed by atoms with Crippen molar-refractivity contribution in [1.29, 1.82) is 0 Å². The number of hydrogen-bond acceptors (Lipinski definition) is 8. The standard InChI is InChI=1S/C32H35F3N6O4S/c1-19(2)30(42)44-18-46-31(39-28-20(3)15-27(43-6)16-21(28)4)41-40-22(5)23-7-9-24(10-8-23)29(36)38-17-37-25-11-13-26(14-12-25)45-32(33,34)35/h7-17,19H,18H2,1-6H3,(H,39,41)(H2,36,37,38)/b40-22-. The number of nitrogens with two attached hydrogens (primary N) is 1. The number of halogens is 3. The Morgan fingerprint density at radius 1 is 1.00 bits per heavy atom. The molecule has 0 saturated heterocycles. The number of hydrogen-bond donors (Lipinski definition) is 2. The number of carbonyl (C=O) groups excluding carboxylic acids is 1. The molecule has 244 valence electrons. The molecule has 0 heterocycles. The molecule has 0 spiro atoms. The smallest absolute Gasteiger partial charge is 0.497 e. The zero-order chi connectivity index (χ0) is 33.9. The highest BCUT2D eigenvalue weighted by atomic mass is 32.2. The van der Waals surface area contributed by atoms with Crippen LogP contribution in [0.5, 0.6) is 11.5 Å². The third-order valence-corrected chi connectivity index (χ3v) is 6.87. The van der Waals surface area contributed by atoms with E-state index >= 15 is 0 Å². The molecule has 0 aliphatic heterocycles. The number of aliphatic imine (C=N–C) groups is 3. The summed E-state index contributed by atoms with van der Waals surface area (Å²) in [5, 5.41) is 4.93. The maximum absolute atomic E-state index is 12.3. The van der Waals surface area contributed by atoms with Crippen molar-refractivity contribution in [3.05, 3.63) is 82.9 Å². The number of thioether (sulfide) groups is 1. The van der Waals surface area contributed by atoms with Crippen LogP contribution in [0.1, 0.15) is 43.0 Å². The van der Waals surface area contributed by atoms with Gasteiger partial charge in [0.2, 0.25) is 0 Å². The van der Waals surface area contributed by atoms with Gasteiger partial charge in [0.1, 0.15) is 29.6 Å². The average molecular weight is 657 g/mol. The first-order chi connectivity index (χ1) is 21.8. The molecule has 0 saturated carbocycles. The van der Waals surface area contributed by atoms with Crippen molar-refractivity contribution in [2.75, 3.05) is 13.0 Å². The van der Waals surface area contributed by atoms with Crippen LogP contribution in [0.25, 0.3) is 0 Å². The summed E-state index contributed by atoms with van der Waals surface area (Å²) in [5.74, 6) is 0.0567. The number of alkyl halides is 3. The second-order valence-corrected chi connectivity index (χ2v) is 11.0. The number of nitrogens with zero attached hydrogens (tertiary/aromatic N) is 4. The first-order valence-electron chi connectivity index (χ1n) is 13.9. The van der Waals surface area contributed by atoms with Crippen LogP contribution in [-0.4, -0.2) is 48.4 Å². The number of methoxy groups -OCH3 is 1. The van der Waals surface area contributed by atoms with Crippen molar-refractivity contribution in [1.82, 2.24) is 5.43 Å². The van der Waals surface area contributed by atoms with Gasteiger partial charge in [0, 0.05) is 5.56 Å². The Morgan fingerprint density at radius 2 is 1.61 bits per heavy atom. The van der Waals surface area contributed by atoms with Gasteiger partial charge in [0.05, 0.1) is 30.1 Å². The highest BCUT2D eigenvalue weighted by Crippen LogP contribution is 2.30. The number of esters is 1. The molecule has 3 N–H and O–H groups in total. The average Bonchev–Trinajstić information content (AvgIpc) is 3.00. The number of benzene rings is 3. The van der Waals surface area contributed by atoms with Crippen molar-refractivity contribution in [3.8, 4) is 11.5 Å². The quantitative estimate of drug-likeness (QED) is 0.0736. The highest BCUT2D eigenvalue weighted by molar-refractivity contribution is 8.13. The lowest BCUT2D eigenvalue weighted by atomic mass is 10.1. The molecule has 0 bridgehead atoms. The molecular formula is C32H35F3N6O4S. The molecule has 3 aromatic carbocycles. The first kappa shape index (κ1) is 35.6. The minimum atomic E-state index is -4.77. The van der Waals surface area contributed by atoms with Gasteiger partial charge >= 0.3 is 12.3 Å². The summed E-state index contributed by atoms with van der Waals surface area (Å²) in [6.45, 7) is 9.21. The molecule has 0 aliphatic rings. The number of nitrogens with one attached hydrogen (secondary N) is 1. The topological polar surface area (TPSA) is 132 Å². The SMILES string of the molecule is COc1cc(C)c(N=C(N/N=C(/C)c2ccc(C(N)=NC=Nc3ccc(OC(F)(F)F)cc3)cc2)SCOC(=O)C(C)C)c(C)c1. The second-order valence-electron chi connectivity index (χ2n) is 10.1. The van der Waals surface area contributed by atoms with E-state index in [0.717, 1.165) is 40.3 Å². The number of ether oxygens (including phenoxy) is 3. The van der Waals surface area contributed by atoms with Crippen LogP contribution >= 0.6 is 11.8 Å². The normalized spacial score (nSPS) is 12.9. The fourth-order valence-electron chi connectivity index (χ4n) is 3.76. The van der Waals surface area contributed by atoms with Crippen molar-refractivity contribution in [2.24, 2.45) is 31.7 Å². The van der Waals surface area contributed by atoms with E-state index in [4.69, 9.17) is 20.2 Å². The predicted molar refractivity (Wildman–Crippen MR) is 177 cm³/mol. The van der Waals surface area contributed by atoms with Crippen LogP contribution in [0.2, 0.25) is 0 Å². The minimum absolute atomic E-state index is 0.0556. The van der Waals surface area contributed by atoms with E-state index in [1.807, 2.05) is 45.0 Å². The van der Waals surface area contributed by atoms with Crippen molar-refractivity contribution >= 4 is 52.2 Å². The van der Waals surface area contributed by atoms with Crippen molar-refractivity contribution in [2.45, 2.75) is 41.0 Å². The molecule has 3 aromatic rings. The molecular weight excluding hydrogens is 621 g/mol. The van der Waals surface area contributed by atoms with Gasteiger partial charge in [-0.25, -0.2) is 15.0 Å². The predicted octanol–water partition coefficient (Wildman–Crippen LogP) is 7.17. The summed E-state index contributed by atoms with van der Waals surface area (Å²) in [6.07, 6.45) is -3.56. The van der Waals surface area contributed by atoms with Gasteiger partial charge in [-0.05, 0) is 85.6 Å². The maximum Gasteiger partial charge on any atom is 0.573 e. The van der Waals surface area contributed by atoms with Gasteiger partial charge in [-0.15, -0.1) is 13.2 Å². The molecule has 3 rings (SSSR count). The lowest BCUT2D eigenvalue weighted by Crippen LogP contribution is -2.19. The Hall–Kier alpha value is -4.85. The molecule has 0 aliphatic carbocycles. The summed E-state index contributed by atoms with van der Waals surface area (Å²) in [7, 11) is 1.61. The van der Waals surface area contributed by atoms with E-state index in [0.29, 0.717) is 22.1 Å². The maximum atomic E-state index is 12.3. The molecule has 0 atom stereocenters. The van der Waals surface area contributed by atoms with E-state index in [2.05, 4.69) is 25.2 Å². The Balaban J connectivity index is 1.72. The number of amidine groups is 2. The Labute approximate surface area is 269 Å². The van der Waals surface area contributed by atoms with Crippen LogP contribution in [0.15, 0.2) is 80.7 Å². The van der Waals surface area contributed by atoms with Gasteiger partial charge in [0.25, 0.3) is 0 Å². The fraction of sp³-hybridized carbons (Fsp3) is 0.281. The first-order valence-corrected chi connectivity index (χ1v) is 14.9. The third kappa shape index (κ3) is 11.3. The summed E-state index contributed by atoms with van der Waals surface area (Å²) in [6, 6.07) is 16.0. The Kier molecular flexibility index (Phi) is 12.7. The lowest BCUT2D eigenvalue weighted by Gasteiger charge is -2.12. The number of hydrazone groups is 1. The van der Waals surface area contributed by atoms with Crippen LogP contribution in [0.4, 0.5) is 24.5 Å². The molecule has 0 fully saturated rings. The summed E-state index contributed by atoms with van der Waals surface area (Å²) in [5.41, 5.74) is 14.1. The molecule has 0 aromatic heterocycles. The third-order valence-electron chi connectivity index (χ3n) is 6.17. The molecule has 0 radical (unpaired) electrons. The zero-order valence-electron chi connectivity index (χ0n) is 26.2. The zero-order valence-corrected chi connectivity index (χ0v) is 27.0.